The van der Waals surface area contributed by atoms with E-state index >= 15 is 0 Å². The summed E-state index contributed by atoms with van der Waals surface area (Å²) in [6, 6.07) is 10.4. The Kier molecular flexibility index (Phi) is 3.58. The van der Waals surface area contributed by atoms with E-state index in [-0.39, 0.29) is 6.42 Å². The molecule has 3 aromatic rings. The largest absolute Gasteiger partial charge is 0.322 e. The maximum atomic E-state index is 13.6. The Hall–Kier alpha value is -2.40. The minimum Gasteiger partial charge on any atom is -0.322 e. The van der Waals surface area contributed by atoms with Crippen LogP contribution in [0.5, 0.6) is 0 Å². The number of fused-ring (bicyclic) bond motifs is 1. The molecule has 3 rings (SSSR count). The first-order chi connectivity index (χ1) is 10.1. The van der Waals surface area contributed by atoms with Crippen LogP contribution in [-0.2, 0) is 6.42 Å². The van der Waals surface area contributed by atoms with E-state index in [1.54, 1.807) is 6.20 Å². The highest BCUT2D eigenvalue weighted by Crippen LogP contribution is 2.19. The molecule has 0 saturated heterocycles. The van der Waals surface area contributed by atoms with Crippen molar-refractivity contribution in [3.8, 4) is 0 Å². The minimum atomic E-state index is -0.602. The molecule has 0 aliphatic heterocycles. The third-order valence-corrected chi connectivity index (χ3v) is 3.30. The highest BCUT2D eigenvalue weighted by atomic mass is 19.1. The average Bonchev–Trinajstić information content (AvgIpc) is 2.49. The topological polar surface area (TPSA) is 51.8 Å². The molecule has 2 aromatic carbocycles. The Balaban J connectivity index is 1.87. The van der Waals surface area contributed by atoms with Crippen molar-refractivity contribution in [3.05, 3.63) is 71.6 Å². The highest BCUT2D eigenvalue weighted by Gasteiger charge is 2.13. The van der Waals surface area contributed by atoms with E-state index < -0.39 is 17.7 Å². The summed E-state index contributed by atoms with van der Waals surface area (Å²) >= 11 is 0. The fourth-order valence-electron chi connectivity index (χ4n) is 2.18. The van der Waals surface area contributed by atoms with Crippen LogP contribution in [0.3, 0.4) is 0 Å². The molecular weight excluding hydrogens is 272 g/mol. The van der Waals surface area contributed by atoms with E-state index in [0.29, 0.717) is 11.3 Å². The summed E-state index contributed by atoms with van der Waals surface area (Å²) in [6.45, 7) is 0. The summed E-state index contributed by atoms with van der Waals surface area (Å²) in [5.41, 5.74) is 8.52. The summed E-state index contributed by atoms with van der Waals surface area (Å²) in [7, 11) is 0. The minimum absolute atomic E-state index is 0.235. The number of nitrogens with two attached hydrogens (primary N) is 1. The van der Waals surface area contributed by atoms with Crippen molar-refractivity contribution in [1.82, 2.24) is 9.97 Å². The third-order valence-electron chi connectivity index (χ3n) is 3.30. The van der Waals surface area contributed by atoms with Crippen LogP contribution in [0.1, 0.15) is 17.3 Å². The number of hydrogen-bond acceptors (Lipinski definition) is 3. The van der Waals surface area contributed by atoms with Gasteiger partial charge < -0.3 is 5.73 Å². The van der Waals surface area contributed by atoms with Crippen molar-refractivity contribution in [2.75, 3.05) is 0 Å². The maximum absolute atomic E-state index is 13.6. The molecule has 0 saturated carbocycles. The van der Waals surface area contributed by atoms with E-state index in [9.17, 15) is 8.78 Å². The molecule has 3 nitrogen and oxygen atoms in total. The lowest BCUT2D eigenvalue weighted by Gasteiger charge is -2.12. The molecule has 0 fully saturated rings. The van der Waals surface area contributed by atoms with Crippen LogP contribution in [0.2, 0.25) is 0 Å². The number of rotatable bonds is 3. The van der Waals surface area contributed by atoms with E-state index in [1.165, 1.54) is 12.1 Å². The zero-order valence-corrected chi connectivity index (χ0v) is 11.1. The Morgan fingerprint density at radius 2 is 1.81 bits per heavy atom. The molecule has 5 heteroatoms. The Labute approximate surface area is 120 Å². The van der Waals surface area contributed by atoms with Crippen LogP contribution in [0, 0.1) is 11.6 Å². The second-order valence-corrected chi connectivity index (χ2v) is 4.83. The summed E-state index contributed by atoms with van der Waals surface area (Å²) in [6.07, 6.45) is 1.83. The summed E-state index contributed by atoms with van der Waals surface area (Å²) in [5.74, 6) is -1.20. The smallest absolute Gasteiger partial charge is 0.129 e. The quantitative estimate of drug-likeness (QED) is 0.804. The van der Waals surface area contributed by atoms with Crippen LogP contribution in [0.25, 0.3) is 11.0 Å². The predicted octanol–water partition coefficient (Wildman–Crippen LogP) is 3.15. The Morgan fingerprint density at radius 1 is 1.05 bits per heavy atom. The van der Waals surface area contributed by atoms with Crippen molar-refractivity contribution < 1.29 is 8.78 Å². The molecule has 1 aromatic heterocycles. The standard InChI is InChI=1S/C16H13F2N3/c17-11-6-5-10(12(18)8-11)7-13(19)16-9-20-14-3-1-2-4-15(14)21-16/h1-6,8-9,13H,7,19H2. The molecular formula is C16H13F2N3. The number of para-hydroxylation sites is 2. The number of nitrogens with zero attached hydrogens (tertiary/aromatic N) is 2. The van der Waals surface area contributed by atoms with Gasteiger partial charge in [0.25, 0.3) is 0 Å². The van der Waals surface area contributed by atoms with Crippen molar-refractivity contribution in [2.45, 2.75) is 12.5 Å². The second-order valence-electron chi connectivity index (χ2n) is 4.83. The number of benzene rings is 2. The molecule has 1 unspecified atom stereocenters. The zero-order valence-electron chi connectivity index (χ0n) is 11.1. The lowest BCUT2D eigenvalue weighted by atomic mass is 10.0. The van der Waals surface area contributed by atoms with Gasteiger partial charge in [-0.1, -0.05) is 18.2 Å². The molecule has 1 atom stereocenters. The van der Waals surface area contributed by atoms with Crippen LogP contribution >= 0.6 is 0 Å². The third kappa shape index (κ3) is 2.87. The van der Waals surface area contributed by atoms with Crippen molar-refractivity contribution in [3.63, 3.8) is 0 Å². The molecule has 0 radical (unpaired) electrons. The number of hydrogen-bond donors (Lipinski definition) is 1. The summed E-state index contributed by atoms with van der Waals surface area (Å²) < 4.78 is 26.5. The molecule has 106 valence electrons. The Morgan fingerprint density at radius 3 is 2.57 bits per heavy atom. The zero-order chi connectivity index (χ0) is 14.8. The van der Waals surface area contributed by atoms with Crippen LogP contribution < -0.4 is 5.73 Å². The van der Waals surface area contributed by atoms with Gasteiger partial charge >= 0.3 is 0 Å². The molecule has 0 aliphatic rings. The molecule has 0 aliphatic carbocycles. The predicted molar refractivity (Wildman–Crippen MR) is 76.5 cm³/mol. The fourth-order valence-corrected chi connectivity index (χ4v) is 2.18. The highest BCUT2D eigenvalue weighted by molar-refractivity contribution is 5.73. The SMILES string of the molecule is NC(Cc1ccc(F)cc1F)c1cnc2ccccc2n1. The summed E-state index contributed by atoms with van der Waals surface area (Å²) in [4.78, 5) is 8.72. The fraction of sp³-hybridized carbons (Fsp3) is 0.125. The van der Waals surface area contributed by atoms with E-state index in [2.05, 4.69) is 9.97 Å². The van der Waals surface area contributed by atoms with Gasteiger partial charge in [-0.25, -0.2) is 13.8 Å². The van der Waals surface area contributed by atoms with Gasteiger partial charge in [0.05, 0.1) is 29.0 Å². The number of halogens is 2. The van der Waals surface area contributed by atoms with E-state index in [1.807, 2.05) is 24.3 Å². The van der Waals surface area contributed by atoms with Crippen molar-refractivity contribution in [2.24, 2.45) is 5.73 Å². The first-order valence-corrected chi connectivity index (χ1v) is 6.54. The van der Waals surface area contributed by atoms with Crippen molar-refractivity contribution >= 4 is 11.0 Å². The molecule has 2 N–H and O–H groups in total. The van der Waals surface area contributed by atoms with Crippen LogP contribution in [0.15, 0.2) is 48.7 Å². The van der Waals surface area contributed by atoms with Crippen molar-refractivity contribution in [1.29, 1.82) is 0 Å². The van der Waals surface area contributed by atoms with E-state index in [4.69, 9.17) is 5.73 Å². The molecule has 1 heterocycles. The first kappa shape index (κ1) is 13.6. The van der Waals surface area contributed by atoms with Gasteiger partial charge in [0.1, 0.15) is 11.6 Å². The molecule has 0 bridgehead atoms. The average molecular weight is 285 g/mol. The summed E-state index contributed by atoms with van der Waals surface area (Å²) in [5, 5.41) is 0. The van der Waals surface area contributed by atoms with E-state index in [0.717, 1.165) is 17.1 Å². The van der Waals surface area contributed by atoms with Crippen LogP contribution in [-0.4, -0.2) is 9.97 Å². The van der Waals surface area contributed by atoms with Gasteiger partial charge in [-0.2, -0.15) is 0 Å². The monoisotopic (exact) mass is 285 g/mol. The van der Waals surface area contributed by atoms with Gasteiger partial charge in [-0.3, -0.25) is 4.98 Å². The van der Waals surface area contributed by atoms with Gasteiger partial charge in [0, 0.05) is 6.07 Å². The van der Waals surface area contributed by atoms with Crippen LogP contribution in [0.4, 0.5) is 8.78 Å². The van der Waals surface area contributed by atoms with Gasteiger partial charge in [-0.05, 0) is 30.2 Å². The molecule has 0 amide bonds. The maximum Gasteiger partial charge on any atom is 0.129 e. The second kappa shape index (κ2) is 5.54. The Bertz CT molecular complexity index is 789. The lowest BCUT2D eigenvalue weighted by molar-refractivity contribution is 0.561. The molecule has 0 spiro atoms. The first-order valence-electron chi connectivity index (χ1n) is 6.54. The number of aromatic nitrogens is 2. The normalized spacial score (nSPS) is 12.5. The lowest BCUT2D eigenvalue weighted by Crippen LogP contribution is -2.16. The van der Waals surface area contributed by atoms with Gasteiger partial charge in [-0.15, -0.1) is 0 Å². The van der Waals surface area contributed by atoms with Gasteiger partial charge in [0.15, 0.2) is 0 Å². The van der Waals surface area contributed by atoms with Gasteiger partial charge in [0.2, 0.25) is 0 Å². The molecule has 21 heavy (non-hydrogen) atoms.